The number of rotatable bonds is 3. The van der Waals surface area contributed by atoms with Crippen molar-refractivity contribution in [1.29, 1.82) is 5.26 Å². The first-order valence-corrected chi connectivity index (χ1v) is 7.80. The number of nitrogens with two attached hydrogens (primary N) is 1. The van der Waals surface area contributed by atoms with Gasteiger partial charge in [0, 0.05) is 11.6 Å². The number of carbonyl (C=O) groups excluding carboxylic acids is 1. The Balaban J connectivity index is 2.08. The van der Waals surface area contributed by atoms with E-state index in [0.717, 1.165) is 5.56 Å². The van der Waals surface area contributed by atoms with Gasteiger partial charge in [0.2, 0.25) is 0 Å². The van der Waals surface area contributed by atoms with E-state index >= 15 is 0 Å². The van der Waals surface area contributed by atoms with Crippen molar-refractivity contribution >= 4 is 27.4 Å². The first-order valence-electron chi connectivity index (χ1n) is 7.01. The summed E-state index contributed by atoms with van der Waals surface area (Å²) in [7, 11) is 0. The van der Waals surface area contributed by atoms with Gasteiger partial charge in [-0.15, -0.1) is 0 Å². The van der Waals surface area contributed by atoms with E-state index in [4.69, 9.17) is 15.7 Å². The molecule has 2 N–H and O–H groups in total. The van der Waals surface area contributed by atoms with E-state index < -0.39 is 12.2 Å². The summed E-state index contributed by atoms with van der Waals surface area (Å²) in [5.74, 6) is -0.603. The maximum Gasteiger partial charge on any atom is 0.360 e. The van der Waals surface area contributed by atoms with Crippen molar-refractivity contribution in [2.75, 3.05) is 0 Å². The first-order chi connectivity index (χ1) is 11.5. The molecule has 0 saturated carbocycles. The summed E-state index contributed by atoms with van der Waals surface area (Å²) in [5, 5.41) is 13.3. The molecule has 1 aromatic carbocycles. The Kier molecular flexibility index (Phi) is 4.29. The minimum absolute atomic E-state index is 0.137. The highest BCUT2D eigenvalue weighted by atomic mass is 79.9. The van der Waals surface area contributed by atoms with Crippen molar-refractivity contribution in [3.63, 3.8) is 0 Å². The second-order valence-corrected chi connectivity index (χ2v) is 5.82. The van der Waals surface area contributed by atoms with E-state index in [9.17, 15) is 4.79 Å². The van der Waals surface area contributed by atoms with Crippen LogP contribution in [0.2, 0.25) is 0 Å². The average Bonchev–Trinajstić information content (AvgIpc) is 3.00. The number of ether oxygens (including phenoxy) is 1. The Labute approximate surface area is 145 Å². The molecule has 2 aromatic heterocycles. The van der Waals surface area contributed by atoms with Crippen molar-refractivity contribution in [2.24, 2.45) is 5.73 Å². The van der Waals surface area contributed by atoms with Gasteiger partial charge in [-0.05, 0) is 35.0 Å². The van der Waals surface area contributed by atoms with Crippen LogP contribution in [0.15, 0.2) is 41.1 Å². The maximum atomic E-state index is 11.9. The molecule has 2 heterocycles. The summed E-state index contributed by atoms with van der Waals surface area (Å²) in [6, 6.07) is 10.7. The quantitative estimate of drug-likeness (QED) is 0.548. The summed E-state index contributed by atoms with van der Waals surface area (Å²) < 4.78 is 7.05. The second kappa shape index (κ2) is 6.39. The molecular formula is C16H12BrN5O2. The number of hydrogen-bond acceptors (Lipinski definition) is 6. The fourth-order valence-electron chi connectivity index (χ4n) is 2.19. The Morgan fingerprint density at radius 1 is 1.46 bits per heavy atom. The Bertz CT molecular complexity index is 974. The van der Waals surface area contributed by atoms with Crippen LogP contribution in [-0.2, 0) is 4.74 Å². The predicted molar refractivity (Wildman–Crippen MR) is 89.9 cm³/mol. The molecule has 120 valence electrons. The summed E-state index contributed by atoms with van der Waals surface area (Å²) >= 11 is 3.46. The molecule has 0 bridgehead atoms. The largest absolute Gasteiger partial charge is 0.442 e. The van der Waals surface area contributed by atoms with Gasteiger partial charge in [0.1, 0.15) is 16.5 Å². The maximum absolute atomic E-state index is 11.9. The van der Waals surface area contributed by atoms with Gasteiger partial charge in [-0.1, -0.05) is 12.1 Å². The fraction of sp³-hybridized carbons (Fsp3) is 0.125. The molecule has 0 saturated heterocycles. The summed E-state index contributed by atoms with van der Waals surface area (Å²) in [5.41, 5.74) is 8.12. The third-order valence-electron chi connectivity index (χ3n) is 3.21. The highest BCUT2D eigenvalue weighted by Crippen LogP contribution is 2.27. The van der Waals surface area contributed by atoms with Gasteiger partial charge in [-0.25, -0.2) is 9.31 Å². The Morgan fingerprint density at radius 3 is 2.96 bits per heavy atom. The summed E-state index contributed by atoms with van der Waals surface area (Å²) in [6.07, 6.45) is 0.877. The normalized spacial score (nSPS) is 11.9. The van der Waals surface area contributed by atoms with Crippen molar-refractivity contribution in [3.05, 3.63) is 52.4 Å². The highest BCUT2D eigenvalue weighted by Gasteiger charge is 2.17. The molecule has 8 heteroatoms. The molecule has 24 heavy (non-hydrogen) atoms. The zero-order valence-electron chi connectivity index (χ0n) is 12.6. The molecule has 1 unspecified atom stereocenters. The van der Waals surface area contributed by atoms with Crippen molar-refractivity contribution in [2.45, 2.75) is 13.2 Å². The van der Waals surface area contributed by atoms with Crippen LogP contribution in [0.4, 0.5) is 0 Å². The zero-order chi connectivity index (χ0) is 17.3. The van der Waals surface area contributed by atoms with Crippen LogP contribution >= 0.6 is 15.9 Å². The minimum Gasteiger partial charge on any atom is -0.442 e. The standard InChI is InChI=1S/C16H12BrN5O2/c1-9(19)24-16(23)13-6-12-8-20-14(15(17)22(12)21-13)11-4-2-3-10(5-11)7-18/h2-6,8-9H,19H2,1H3. The van der Waals surface area contributed by atoms with Gasteiger partial charge >= 0.3 is 5.97 Å². The van der Waals surface area contributed by atoms with E-state index in [0.29, 0.717) is 21.4 Å². The number of benzene rings is 1. The smallest absolute Gasteiger partial charge is 0.360 e. The van der Waals surface area contributed by atoms with Gasteiger partial charge in [-0.3, -0.25) is 10.7 Å². The average molecular weight is 386 g/mol. The lowest BCUT2D eigenvalue weighted by molar-refractivity contribution is 0.0348. The number of carbonyl (C=O) groups is 1. The third-order valence-corrected chi connectivity index (χ3v) is 3.92. The number of esters is 1. The van der Waals surface area contributed by atoms with Crippen LogP contribution in [0.1, 0.15) is 23.0 Å². The van der Waals surface area contributed by atoms with Crippen molar-refractivity contribution < 1.29 is 9.53 Å². The van der Waals surface area contributed by atoms with Crippen LogP contribution in [0.5, 0.6) is 0 Å². The molecule has 0 fully saturated rings. The zero-order valence-corrected chi connectivity index (χ0v) is 14.2. The monoisotopic (exact) mass is 385 g/mol. The molecule has 3 aromatic rings. The Hall–Kier alpha value is -2.76. The lowest BCUT2D eigenvalue weighted by Gasteiger charge is -2.06. The van der Waals surface area contributed by atoms with Crippen LogP contribution in [0, 0.1) is 11.3 Å². The number of fused-ring (bicyclic) bond motifs is 1. The predicted octanol–water partition coefficient (Wildman–Crippen LogP) is 2.49. The molecule has 7 nitrogen and oxygen atoms in total. The number of aromatic nitrogens is 3. The van der Waals surface area contributed by atoms with E-state index in [1.165, 1.54) is 0 Å². The van der Waals surface area contributed by atoms with E-state index in [-0.39, 0.29) is 5.69 Å². The SMILES string of the molecule is CC(N)OC(=O)c1cc2cnc(-c3cccc(C#N)c3)c(Br)n2n1. The van der Waals surface area contributed by atoms with Crippen LogP contribution in [-0.4, -0.2) is 26.8 Å². The molecule has 0 aliphatic heterocycles. The van der Waals surface area contributed by atoms with E-state index in [1.54, 1.807) is 41.9 Å². The lowest BCUT2D eigenvalue weighted by Crippen LogP contribution is -2.23. The summed E-state index contributed by atoms with van der Waals surface area (Å²) in [4.78, 5) is 16.3. The molecule has 1 atom stereocenters. The van der Waals surface area contributed by atoms with Gasteiger partial charge in [0.05, 0.1) is 23.3 Å². The number of halogens is 1. The van der Waals surface area contributed by atoms with Crippen LogP contribution < -0.4 is 5.73 Å². The van der Waals surface area contributed by atoms with Crippen LogP contribution in [0.3, 0.4) is 0 Å². The molecule has 0 aliphatic rings. The number of hydrogen-bond donors (Lipinski definition) is 1. The molecule has 0 spiro atoms. The molecule has 0 aliphatic carbocycles. The molecular weight excluding hydrogens is 374 g/mol. The van der Waals surface area contributed by atoms with Gasteiger partial charge < -0.3 is 4.74 Å². The summed E-state index contributed by atoms with van der Waals surface area (Å²) in [6.45, 7) is 1.56. The van der Waals surface area contributed by atoms with Crippen LogP contribution in [0.25, 0.3) is 16.8 Å². The first kappa shape index (κ1) is 16.1. The minimum atomic E-state index is -0.715. The van der Waals surface area contributed by atoms with Gasteiger partial charge in [0.25, 0.3) is 0 Å². The fourth-order valence-corrected chi connectivity index (χ4v) is 2.80. The lowest BCUT2D eigenvalue weighted by atomic mass is 10.1. The van der Waals surface area contributed by atoms with Crippen molar-refractivity contribution in [3.8, 4) is 17.3 Å². The topological polar surface area (TPSA) is 106 Å². The number of nitrogens with zero attached hydrogens (tertiary/aromatic N) is 4. The third kappa shape index (κ3) is 2.99. The van der Waals surface area contributed by atoms with E-state index in [2.05, 4.69) is 32.1 Å². The number of nitriles is 1. The second-order valence-electron chi connectivity index (χ2n) is 5.07. The Morgan fingerprint density at radius 2 is 2.25 bits per heavy atom. The van der Waals surface area contributed by atoms with Gasteiger partial charge in [0.15, 0.2) is 5.69 Å². The molecule has 0 radical (unpaired) electrons. The van der Waals surface area contributed by atoms with Gasteiger partial charge in [-0.2, -0.15) is 10.4 Å². The molecule has 3 rings (SSSR count). The molecule has 0 amide bonds. The van der Waals surface area contributed by atoms with E-state index in [1.807, 2.05) is 6.07 Å². The highest BCUT2D eigenvalue weighted by molar-refractivity contribution is 9.10. The van der Waals surface area contributed by atoms with Crippen molar-refractivity contribution in [1.82, 2.24) is 14.6 Å².